The van der Waals surface area contributed by atoms with Gasteiger partial charge in [-0.2, -0.15) is 5.26 Å². The Morgan fingerprint density at radius 2 is 2.00 bits per heavy atom. The Morgan fingerprint density at radius 3 is 2.46 bits per heavy atom. The second kappa shape index (κ2) is 4.64. The zero-order valence-electron chi connectivity index (χ0n) is 7.70. The molecule has 1 rings (SSSR count). The molecular formula is C11H13NO. The van der Waals surface area contributed by atoms with Gasteiger partial charge >= 0.3 is 0 Å². The Bertz CT molecular complexity index is 295. The summed E-state index contributed by atoms with van der Waals surface area (Å²) >= 11 is 0. The van der Waals surface area contributed by atoms with E-state index in [0.717, 1.165) is 12.8 Å². The van der Waals surface area contributed by atoms with Crippen LogP contribution in [0.25, 0.3) is 0 Å². The molecule has 2 nitrogen and oxygen atoms in total. The highest BCUT2D eigenvalue weighted by molar-refractivity contribution is 5.31. The molecule has 0 unspecified atom stereocenters. The molecular weight excluding hydrogens is 162 g/mol. The molecule has 1 aromatic rings. The van der Waals surface area contributed by atoms with Crippen LogP contribution in [-0.2, 0) is 6.42 Å². The summed E-state index contributed by atoms with van der Waals surface area (Å²) in [5.41, 5.74) is 1.85. The molecule has 0 aliphatic rings. The van der Waals surface area contributed by atoms with E-state index in [1.807, 2.05) is 12.1 Å². The Balaban J connectivity index is 2.55. The Labute approximate surface area is 78.4 Å². The molecule has 0 heterocycles. The number of benzene rings is 1. The number of hydrogen-bond acceptors (Lipinski definition) is 2. The number of nitriles is 1. The first-order valence-corrected chi connectivity index (χ1v) is 4.39. The molecule has 0 fully saturated rings. The van der Waals surface area contributed by atoms with Crippen molar-refractivity contribution in [3.05, 3.63) is 35.4 Å². The highest BCUT2D eigenvalue weighted by Gasteiger charge is 1.97. The van der Waals surface area contributed by atoms with Gasteiger partial charge in [-0.3, -0.25) is 0 Å². The molecule has 13 heavy (non-hydrogen) atoms. The number of hydrogen-bond donors (Lipinski definition) is 1. The summed E-state index contributed by atoms with van der Waals surface area (Å²) < 4.78 is 0. The standard InChI is InChI=1S/C11H13NO/c1-9(13)2-3-10-4-6-11(8-12)7-5-10/h4-7,9,13H,2-3H2,1H3/t9-/m0/s1. The molecule has 0 amide bonds. The second-order valence-corrected chi connectivity index (χ2v) is 3.20. The van der Waals surface area contributed by atoms with Crippen LogP contribution in [0.2, 0.25) is 0 Å². The van der Waals surface area contributed by atoms with E-state index >= 15 is 0 Å². The van der Waals surface area contributed by atoms with Gasteiger partial charge in [0.05, 0.1) is 17.7 Å². The van der Waals surface area contributed by atoms with Crippen LogP contribution < -0.4 is 0 Å². The third kappa shape index (κ3) is 3.27. The van der Waals surface area contributed by atoms with Gasteiger partial charge in [0.2, 0.25) is 0 Å². The summed E-state index contributed by atoms with van der Waals surface area (Å²) in [6, 6.07) is 9.54. The Morgan fingerprint density at radius 1 is 1.38 bits per heavy atom. The molecule has 2 heteroatoms. The lowest BCUT2D eigenvalue weighted by molar-refractivity contribution is 0.185. The van der Waals surface area contributed by atoms with Crippen molar-refractivity contribution in [3.8, 4) is 6.07 Å². The lowest BCUT2D eigenvalue weighted by Crippen LogP contribution is -2.01. The zero-order valence-corrected chi connectivity index (χ0v) is 7.70. The predicted molar refractivity (Wildman–Crippen MR) is 51.2 cm³/mol. The van der Waals surface area contributed by atoms with Crippen LogP contribution in [0.3, 0.4) is 0 Å². The van der Waals surface area contributed by atoms with Crippen LogP contribution in [0.1, 0.15) is 24.5 Å². The topological polar surface area (TPSA) is 44.0 Å². The zero-order chi connectivity index (χ0) is 9.68. The van der Waals surface area contributed by atoms with Gasteiger partial charge in [0.15, 0.2) is 0 Å². The molecule has 1 aromatic carbocycles. The molecule has 0 saturated carbocycles. The van der Waals surface area contributed by atoms with Crippen LogP contribution in [-0.4, -0.2) is 11.2 Å². The van der Waals surface area contributed by atoms with Gasteiger partial charge in [-0.25, -0.2) is 0 Å². The van der Waals surface area contributed by atoms with E-state index in [9.17, 15) is 0 Å². The lowest BCUT2D eigenvalue weighted by atomic mass is 10.1. The van der Waals surface area contributed by atoms with E-state index in [1.54, 1.807) is 19.1 Å². The maximum Gasteiger partial charge on any atom is 0.0991 e. The van der Waals surface area contributed by atoms with E-state index < -0.39 is 0 Å². The van der Waals surface area contributed by atoms with Crippen molar-refractivity contribution in [1.82, 2.24) is 0 Å². The summed E-state index contributed by atoms with van der Waals surface area (Å²) in [7, 11) is 0. The third-order valence-corrected chi connectivity index (χ3v) is 1.93. The number of aryl methyl sites for hydroxylation is 1. The van der Waals surface area contributed by atoms with E-state index in [0.29, 0.717) is 5.56 Å². The molecule has 0 aliphatic carbocycles. The molecule has 0 saturated heterocycles. The van der Waals surface area contributed by atoms with Crippen LogP contribution in [0, 0.1) is 11.3 Å². The number of aliphatic hydroxyl groups is 1. The molecule has 1 N–H and O–H groups in total. The average Bonchev–Trinajstić information content (AvgIpc) is 2.15. The minimum Gasteiger partial charge on any atom is -0.393 e. The molecule has 0 aromatic heterocycles. The van der Waals surface area contributed by atoms with Crippen molar-refractivity contribution in [1.29, 1.82) is 5.26 Å². The van der Waals surface area contributed by atoms with Crippen molar-refractivity contribution in [2.75, 3.05) is 0 Å². The summed E-state index contributed by atoms with van der Waals surface area (Å²) in [4.78, 5) is 0. The molecule has 0 aliphatic heterocycles. The van der Waals surface area contributed by atoms with Crippen LogP contribution in [0.4, 0.5) is 0 Å². The van der Waals surface area contributed by atoms with Crippen molar-refractivity contribution in [2.45, 2.75) is 25.9 Å². The SMILES string of the molecule is C[C@H](O)CCc1ccc(C#N)cc1. The first kappa shape index (κ1) is 9.76. The molecule has 68 valence electrons. The lowest BCUT2D eigenvalue weighted by Gasteiger charge is -2.03. The quantitative estimate of drug-likeness (QED) is 0.762. The van der Waals surface area contributed by atoms with Gasteiger partial charge in [0.1, 0.15) is 0 Å². The fourth-order valence-corrected chi connectivity index (χ4v) is 1.12. The minimum absolute atomic E-state index is 0.254. The average molecular weight is 175 g/mol. The number of aliphatic hydroxyl groups excluding tert-OH is 1. The molecule has 0 bridgehead atoms. The summed E-state index contributed by atoms with van der Waals surface area (Å²) in [6.45, 7) is 1.78. The second-order valence-electron chi connectivity index (χ2n) is 3.20. The van der Waals surface area contributed by atoms with Gasteiger partial charge < -0.3 is 5.11 Å². The highest BCUT2D eigenvalue weighted by atomic mass is 16.3. The maximum atomic E-state index is 9.06. The monoisotopic (exact) mass is 175 g/mol. The van der Waals surface area contributed by atoms with Crippen molar-refractivity contribution in [3.63, 3.8) is 0 Å². The van der Waals surface area contributed by atoms with E-state index in [4.69, 9.17) is 10.4 Å². The predicted octanol–water partition coefficient (Wildman–Crippen LogP) is 1.87. The third-order valence-electron chi connectivity index (χ3n) is 1.93. The molecule has 0 radical (unpaired) electrons. The van der Waals surface area contributed by atoms with E-state index in [2.05, 4.69) is 6.07 Å². The van der Waals surface area contributed by atoms with Gasteiger partial charge in [-0.15, -0.1) is 0 Å². The van der Waals surface area contributed by atoms with Gasteiger partial charge in [-0.05, 0) is 37.5 Å². The van der Waals surface area contributed by atoms with Gasteiger partial charge in [0.25, 0.3) is 0 Å². The highest BCUT2D eigenvalue weighted by Crippen LogP contribution is 2.07. The largest absolute Gasteiger partial charge is 0.393 e. The summed E-state index contributed by atoms with van der Waals surface area (Å²) in [5, 5.41) is 17.6. The fraction of sp³-hybridized carbons (Fsp3) is 0.364. The van der Waals surface area contributed by atoms with Gasteiger partial charge in [-0.1, -0.05) is 12.1 Å². The first-order valence-electron chi connectivity index (χ1n) is 4.39. The molecule has 0 spiro atoms. The van der Waals surface area contributed by atoms with E-state index in [-0.39, 0.29) is 6.10 Å². The van der Waals surface area contributed by atoms with Crippen LogP contribution in [0.15, 0.2) is 24.3 Å². The van der Waals surface area contributed by atoms with E-state index in [1.165, 1.54) is 5.56 Å². The van der Waals surface area contributed by atoms with Crippen molar-refractivity contribution in [2.24, 2.45) is 0 Å². The maximum absolute atomic E-state index is 9.06. The fourth-order valence-electron chi connectivity index (χ4n) is 1.12. The van der Waals surface area contributed by atoms with Crippen LogP contribution >= 0.6 is 0 Å². The minimum atomic E-state index is -0.254. The number of rotatable bonds is 3. The number of nitrogens with zero attached hydrogens (tertiary/aromatic N) is 1. The molecule has 1 atom stereocenters. The summed E-state index contributed by atoms with van der Waals surface area (Å²) in [6.07, 6.45) is 1.38. The first-order chi connectivity index (χ1) is 6.22. The van der Waals surface area contributed by atoms with Crippen molar-refractivity contribution < 1.29 is 5.11 Å². The summed E-state index contributed by atoms with van der Waals surface area (Å²) in [5.74, 6) is 0. The van der Waals surface area contributed by atoms with Crippen molar-refractivity contribution >= 4 is 0 Å². The normalized spacial score (nSPS) is 12.1. The van der Waals surface area contributed by atoms with Gasteiger partial charge in [0, 0.05) is 0 Å². The smallest absolute Gasteiger partial charge is 0.0991 e. The Kier molecular flexibility index (Phi) is 3.48. The van der Waals surface area contributed by atoms with Crippen LogP contribution in [0.5, 0.6) is 0 Å². The Hall–Kier alpha value is -1.33.